The highest BCUT2D eigenvalue weighted by atomic mass is 16.6. The second-order valence-electron chi connectivity index (χ2n) is 8.43. The highest BCUT2D eigenvalue weighted by molar-refractivity contribution is 5.69. The van der Waals surface area contributed by atoms with E-state index in [4.69, 9.17) is 61.9 Å². The molecule has 0 aliphatic heterocycles. The zero-order chi connectivity index (χ0) is 30.4. The lowest BCUT2D eigenvalue weighted by atomic mass is 10.3. The van der Waals surface area contributed by atoms with Crippen LogP contribution in [-0.2, 0) is 61.6 Å². The van der Waals surface area contributed by atoms with E-state index in [9.17, 15) is 4.79 Å². The van der Waals surface area contributed by atoms with Crippen molar-refractivity contribution in [3.63, 3.8) is 0 Å². The third-order valence-electron chi connectivity index (χ3n) is 4.90. The van der Waals surface area contributed by atoms with Crippen LogP contribution in [-0.4, -0.2) is 170 Å². The van der Waals surface area contributed by atoms with Crippen LogP contribution in [0.15, 0.2) is 0 Å². The van der Waals surface area contributed by atoms with Gasteiger partial charge in [-0.2, -0.15) is 0 Å². The molecule has 14 nitrogen and oxygen atoms in total. The smallest absolute Gasteiger partial charge is 0.305 e. The van der Waals surface area contributed by atoms with Gasteiger partial charge in [-0.05, 0) is 6.42 Å². The van der Waals surface area contributed by atoms with E-state index in [1.54, 1.807) is 0 Å². The number of ether oxygens (including phenoxy) is 12. The Hall–Kier alpha value is -1.01. The van der Waals surface area contributed by atoms with Gasteiger partial charge in [-0.1, -0.05) is 6.92 Å². The van der Waals surface area contributed by atoms with Crippen molar-refractivity contribution in [3.05, 3.63) is 0 Å². The van der Waals surface area contributed by atoms with Crippen molar-refractivity contribution in [3.8, 4) is 0 Å². The highest BCUT2D eigenvalue weighted by Gasteiger charge is 2.00. The average molecular weight is 617 g/mol. The fraction of sp³-hybridized carbons (Fsp3) is 0.964. The lowest BCUT2D eigenvalue weighted by Gasteiger charge is -2.09. The number of aliphatic hydroxyl groups is 1. The molecule has 42 heavy (non-hydrogen) atoms. The van der Waals surface area contributed by atoms with Crippen molar-refractivity contribution in [2.45, 2.75) is 19.8 Å². The normalized spacial score (nSPS) is 11.4. The minimum atomic E-state index is -0.190. The van der Waals surface area contributed by atoms with E-state index < -0.39 is 0 Å². The van der Waals surface area contributed by atoms with Crippen LogP contribution in [0.5, 0.6) is 0 Å². The summed E-state index contributed by atoms with van der Waals surface area (Å²) in [4.78, 5) is 11.2. The van der Waals surface area contributed by atoms with Crippen LogP contribution in [0.3, 0.4) is 0 Å². The van der Waals surface area contributed by atoms with Crippen molar-refractivity contribution in [2.75, 3.05) is 159 Å². The number of rotatable bonds is 37. The van der Waals surface area contributed by atoms with Gasteiger partial charge in [0.1, 0.15) is 6.61 Å². The number of carbonyl (C=O) groups excluding carboxylic acids is 1. The van der Waals surface area contributed by atoms with Crippen molar-refractivity contribution in [1.29, 1.82) is 0 Å². The summed E-state index contributed by atoms with van der Waals surface area (Å²) in [6.45, 7) is 12.7. The van der Waals surface area contributed by atoms with Gasteiger partial charge in [-0.3, -0.25) is 4.79 Å². The molecule has 1 N–H and O–H groups in total. The molecule has 0 radical (unpaired) electrons. The molecule has 0 aromatic heterocycles. The van der Waals surface area contributed by atoms with E-state index in [0.717, 1.165) is 6.42 Å². The number of carbonyl (C=O) groups is 1. The number of esters is 1. The quantitative estimate of drug-likeness (QED) is 0.0763. The minimum absolute atomic E-state index is 0.0230. The molecule has 0 atom stereocenters. The molecular formula is C28H56O14. The molecular weight excluding hydrogens is 560 g/mol. The Balaban J connectivity index is 3.05. The van der Waals surface area contributed by atoms with E-state index in [0.29, 0.717) is 152 Å². The van der Waals surface area contributed by atoms with E-state index in [1.165, 1.54) is 0 Å². The van der Waals surface area contributed by atoms with Crippen molar-refractivity contribution in [1.82, 2.24) is 0 Å². The zero-order valence-corrected chi connectivity index (χ0v) is 25.6. The van der Waals surface area contributed by atoms with Crippen LogP contribution in [0.4, 0.5) is 0 Å². The molecule has 0 saturated carbocycles. The largest absolute Gasteiger partial charge is 0.463 e. The topological polar surface area (TPSA) is 148 Å². The SMILES string of the molecule is CCCC(=O)OCCOCCOCCOCCOCCOCCOCCOCCOCCOCCOCCOCCO. The van der Waals surface area contributed by atoms with E-state index >= 15 is 0 Å². The van der Waals surface area contributed by atoms with Crippen molar-refractivity contribution in [2.24, 2.45) is 0 Å². The van der Waals surface area contributed by atoms with Gasteiger partial charge in [0, 0.05) is 6.42 Å². The molecule has 0 aromatic rings. The molecule has 0 aromatic carbocycles. The van der Waals surface area contributed by atoms with Gasteiger partial charge < -0.3 is 61.9 Å². The summed E-state index contributed by atoms with van der Waals surface area (Å²) in [7, 11) is 0. The maximum Gasteiger partial charge on any atom is 0.305 e. The summed E-state index contributed by atoms with van der Waals surface area (Å²) in [5.41, 5.74) is 0. The first-order valence-electron chi connectivity index (χ1n) is 14.9. The Morgan fingerprint density at radius 1 is 0.381 bits per heavy atom. The molecule has 0 saturated heterocycles. The average Bonchev–Trinajstić information content (AvgIpc) is 2.99. The number of aliphatic hydroxyl groups excluding tert-OH is 1. The highest BCUT2D eigenvalue weighted by Crippen LogP contribution is 1.91. The van der Waals surface area contributed by atoms with E-state index in [-0.39, 0.29) is 19.2 Å². The molecule has 0 aliphatic carbocycles. The summed E-state index contributed by atoms with van der Waals surface area (Å²) >= 11 is 0. The molecule has 0 amide bonds. The zero-order valence-electron chi connectivity index (χ0n) is 25.6. The van der Waals surface area contributed by atoms with Gasteiger partial charge in [-0.15, -0.1) is 0 Å². The van der Waals surface area contributed by atoms with Crippen molar-refractivity contribution < 1.29 is 66.7 Å². The number of hydrogen-bond acceptors (Lipinski definition) is 14. The molecule has 0 heterocycles. The van der Waals surface area contributed by atoms with Crippen LogP contribution in [0.2, 0.25) is 0 Å². The predicted molar refractivity (Wildman–Crippen MR) is 152 cm³/mol. The van der Waals surface area contributed by atoms with Gasteiger partial charge in [0.05, 0.1) is 152 Å². The Bertz CT molecular complexity index is 515. The summed E-state index contributed by atoms with van der Waals surface area (Å²) in [6, 6.07) is 0. The fourth-order valence-electron chi connectivity index (χ4n) is 2.86. The van der Waals surface area contributed by atoms with Crippen LogP contribution in [0, 0.1) is 0 Å². The molecule has 14 heteroatoms. The van der Waals surface area contributed by atoms with Gasteiger partial charge in [0.25, 0.3) is 0 Å². The summed E-state index contributed by atoms with van der Waals surface area (Å²) in [5.74, 6) is -0.190. The summed E-state index contributed by atoms with van der Waals surface area (Å²) in [6.07, 6.45) is 1.22. The number of hydrogen-bond donors (Lipinski definition) is 1. The fourth-order valence-corrected chi connectivity index (χ4v) is 2.86. The minimum Gasteiger partial charge on any atom is -0.463 e. The molecule has 0 rings (SSSR count). The van der Waals surface area contributed by atoms with Crippen LogP contribution < -0.4 is 0 Å². The first kappa shape index (κ1) is 41.0. The van der Waals surface area contributed by atoms with Gasteiger partial charge in [0.15, 0.2) is 0 Å². The molecule has 0 unspecified atom stereocenters. The first-order valence-corrected chi connectivity index (χ1v) is 14.9. The molecule has 0 fully saturated rings. The van der Waals surface area contributed by atoms with E-state index in [1.807, 2.05) is 6.92 Å². The molecule has 0 aliphatic rings. The maximum absolute atomic E-state index is 11.2. The molecule has 0 spiro atoms. The Labute approximate surface area is 251 Å². The second-order valence-corrected chi connectivity index (χ2v) is 8.43. The standard InChI is InChI=1S/C28H56O14/c1-2-3-28(30)42-27-26-41-25-24-40-23-22-39-21-20-38-19-18-37-17-16-36-15-14-35-13-12-34-11-10-33-9-8-32-7-6-31-5-4-29/h29H,2-27H2,1H3. The lowest BCUT2D eigenvalue weighted by molar-refractivity contribution is -0.145. The second kappa shape index (κ2) is 38.0. The van der Waals surface area contributed by atoms with Crippen molar-refractivity contribution >= 4 is 5.97 Å². The van der Waals surface area contributed by atoms with Crippen LogP contribution in [0.1, 0.15) is 19.8 Å². The molecule has 0 bridgehead atoms. The Morgan fingerprint density at radius 3 is 0.810 bits per heavy atom. The molecule has 252 valence electrons. The van der Waals surface area contributed by atoms with Crippen LogP contribution >= 0.6 is 0 Å². The van der Waals surface area contributed by atoms with Gasteiger partial charge in [-0.25, -0.2) is 0 Å². The predicted octanol–water partition coefficient (Wildman–Crippen LogP) is 0.505. The van der Waals surface area contributed by atoms with E-state index in [2.05, 4.69) is 0 Å². The lowest BCUT2D eigenvalue weighted by Crippen LogP contribution is -2.15. The monoisotopic (exact) mass is 616 g/mol. The summed E-state index contributed by atoms with van der Waals surface area (Å²) < 4.78 is 64.2. The first-order chi connectivity index (χ1) is 20.8. The Kier molecular flexibility index (Phi) is 37.1. The third-order valence-corrected chi connectivity index (χ3v) is 4.90. The van der Waals surface area contributed by atoms with Crippen LogP contribution in [0.25, 0.3) is 0 Å². The van der Waals surface area contributed by atoms with Gasteiger partial charge in [0.2, 0.25) is 0 Å². The Morgan fingerprint density at radius 2 is 0.595 bits per heavy atom. The van der Waals surface area contributed by atoms with Gasteiger partial charge >= 0.3 is 5.97 Å². The third kappa shape index (κ3) is 37.0. The summed E-state index contributed by atoms with van der Waals surface area (Å²) in [5, 5.41) is 8.57. The maximum atomic E-state index is 11.2.